The van der Waals surface area contributed by atoms with Crippen LogP contribution in [0.25, 0.3) is 11.4 Å². The maximum atomic E-state index is 6.86. The van der Waals surface area contributed by atoms with Crippen LogP contribution in [-0.4, -0.2) is 27.7 Å². The van der Waals surface area contributed by atoms with Gasteiger partial charge in [0.15, 0.2) is 5.15 Å². The molecule has 1 heterocycles. The van der Waals surface area contributed by atoms with E-state index in [1.807, 2.05) is 44.2 Å². The average molecular weight is 532 g/mol. The van der Waals surface area contributed by atoms with E-state index in [2.05, 4.69) is 64.9 Å². The van der Waals surface area contributed by atoms with Gasteiger partial charge in [-0.05, 0) is 55.7 Å². The fourth-order valence-corrected chi connectivity index (χ4v) is 4.91. The maximum Gasteiger partial charge on any atom is 0.152 e. The van der Waals surface area contributed by atoms with Gasteiger partial charge >= 0.3 is 0 Å². The molecule has 200 valence electrons. The second-order valence-corrected chi connectivity index (χ2v) is 9.71. The summed E-state index contributed by atoms with van der Waals surface area (Å²) in [5.41, 5.74) is 4.50. The van der Waals surface area contributed by atoms with Gasteiger partial charge < -0.3 is 14.0 Å². The van der Waals surface area contributed by atoms with Crippen LogP contribution in [0.2, 0.25) is 5.15 Å². The largest absolute Gasteiger partial charge is 0.494 e. The van der Waals surface area contributed by atoms with Crippen molar-refractivity contribution in [2.75, 3.05) is 13.2 Å². The minimum absolute atomic E-state index is 0.566. The molecule has 38 heavy (non-hydrogen) atoms. The van der Waals surface area contributed by atoms with Gasteiger partial charge in [-0.2, -0.15) is 0 Å². The third-order valence-corrected chi connectivity index (χ3v) is 6.70. The van der Waals surface area contributed by atoms with Crippen molar-refractivity contribution >= 4 is 11.6 Å². The molecule has 0 amide bonds. The van der Waals surface area contributed by atoms with Crippen LogP contribution >= 0.6 is 11.6 Å². The first-order chi connectivity index (χ1) is 18.6. The Balaban J connectivity index is 1.69. The SMILES string of the molecule is CCCCn1c(-c2ccccc2)nc(Cl)c1CN(Cc1cccc(OCC)c1)Cc1cccc(OCC)c1. The lowest BCUT2D eigenvalue weighted by Gasteiger charge is -2.24. The Morgan fingerprint density at radius 3 is 1.92 bits per heavy atom. The monoisotopic (exact) mass is 531 g/mol. The van der Waals surface area contributed by atoms with Crippen molar-refractivity contribution in [2.45, 2.75) is 59.8 Å². The fourth-order valence-electron chi connectivity index (χ4n) is 4.67. The molecule has 4 rings (SSSR count). The van der Waals surface area contributed by atoms with Gasteiger partial charge in [-0.15, -0.1) is 0 Å². The van der Waals surface area contributed by atoms with Crippen molar-refractivity contribution in [3.63, 3.8) is 0 Å². The van der Waals surface area contributed by atoms with Crippen molar-refractivity contribution in [1.82, 2.24) is 14.5 Å². The molecule has 0 aliphatic rings. The zero-order valence-electron chi connectivity index (χ0n) is 22.7. The van der Waals surface area contributed by atoms with Crippen molar-refractivity contribution < 1.29 is 9.47 Å². The first kappa shape index (κ1) is 27.7. The molecule has 1 aromatic heterocycles. The van der Waals surface area contributed by atoms with E-state index in [-0.39, 0.29) is 0 Å². The molecule has 0 radical (unpaired) electrons. The van der Waals surface area contributed by atoms with Gasteiger partial charge in [0, 0.05) is 31.7 Å². The molecule has 4 aromatic rings. The van der Waals surface area contributed by atoms with Gasteiger partial charge in [0.05, 0.1) is 18.9 Å². The van der Waals surface area contributed by atoms with Crippen LogP contribution in [0.15, 0.2) is 78.9 Å². The normalized spacial score (nSPS) is 11.2. The number of rotatable bonds is 14. The molecular weight excluding hydrogens is 494 g/mol. The third kappa shape index (κ3) is 7.40. The molecule has 0 saturated carbocycles. The first-order valence-corrected chi connectivity index (χ1v) is 13.9. The number of unbranched alkanes of at least 4 members (excludes halogenated alkanes) is 1. The summed E-state index contributed by atoms with van der Waals surface area (Å²) < 4.78 is 13.9. The second-order valence-electron chi connectivity index (χ2n) is 9.35. The minimum Gasteiger partial charge on any atom is -0.494 e. The van der Waals surface area contributed by atoms with Gasteiger partial charge in [0.2, 0.25) is 0 Å². The molecule has 3 aromatic carbocycles. The van der Waals surface area contributed by atoms with E-state index < -0.39 is 0 Å². The number of benzene rings is 3. The van der Waals surface area contributed by atoms with E-state index >= 15 is 0 Å². The molecule has 0 aliphatic heterocycles. The molecule has 5 nitrogen and oxygen atoms in total. The van der Waals surface area contributed by atoms with Crippen molar-refractivity contribution in [3.8, 4) is 22.9 Å². The molecule has 0 fully saturated rings. The van der Waals surface area contributed by atoms with Gasteiger partial charge in [-0.25, -0.2) is 4.98 Å². The Bertz CT molecular complexity index is 1240. The summed E-state index contributed by atoms with van der Waals surface area (Å²) >= 11 is 6.86. The molecule has 0 saturated heterocycles. The molecule has 0 aliphatic carbocycles. The summed E-state index contributed by atoms with van der Waals surface area (Å²) in [6.07, 6.45) is 2.16. The summed E-state index contributed by atoms with van der Waals surface area (Å²) in [6, 6.07) is 27.0. The van der Waals surface area contributed by atoms with Crippen LogP contribution in [0.5, 0.6) is 11.5 Å². The van der Waals surface area contributed by atoms with Gasteiger partial charge in [-0.3, -0.25) is 4.90 Å². The lowest BCUT2D eigenvalue weighted by molar-refractivity contribution is 0.240. The number of imidazole rings is 1. The Morgan fingerprint density at radius 1 is 0.763 bits per heavy atom. The number of ether oxygens (including phenoxy) is 2. The number of aromatic nitrogens is 2. The minimum atomic E-state index is 0.566. The van der Waals surface area contributed by atoms with E-state index in [0.717, 1.165) is 61.1 Å². The quantitative estimate of drug-likeness (QED) is 0.165. The number of hydrogen-bond acceptors (Lipinski definition) is 4. The van der Waals surface area contributed by atoms with E-state index in [0.29, 0.717) is 24.9 Å². The number of hydrogen-bond donors (Lipinski definition) is 0. The highest BCUT2D eigenvalue weighted by Gasteiger charge is 2.20. The third-order valence-electron chi connectivity index (χ3n) is 6.40. The van der Waals surface area contributed by atoms with Crippen LogP contribution in [0.4, 0.5) is 0 Å². The molecular formula is C32H38ClN3O2. The van der Waals surface area contributed by atoms with Gasteiger partial charge in [0.25, 0.3) is 0 Å². The summed E-state index contributed by atoms with van der Waals surface area (Å²) in [5, 5.41) is 0.566. The smallest absolute Gasteiger partial charge is 0.152 e. The predicted octanol–water partition coefficient (Wildman–Crippen LogP) is 8.00. The zero-order chi connectivity index (χ0) is 26.7. The highest BCUT2D eigenvalue weighted by atomic mass is 35.5. The van der Waals surface area contributed by atoms with Gasteiger partial charge in [-0.1, -0.05) is 79.5 Å². The summed E-state index contributed by atoms with van der Waals surface area (Å²) in [6.45, 7) is 10.6. The molecule has 6 heteroatoms. The predicted molar refractivity (Wildman–Crippen MR) is 156 cm³/mol. The Hall–Kier alpha value is -3.28. The molecule has 0 N–H and O–H groups in total. The van der Waals surface area contributed by atoms with Crippen LogP contribution in [0.1, 0.15) is 50.4 Å². The van der Waals surface area contributed by atoms with E-state index in [9.17, 15) is 0 Å². The van der Waals surface area contributed by atoms with Gasteiger partial charge in [0.1, 0.15) is 17.3 Å². The summed E-state index contributed by atoms with van der Waals surface area (Å²) in [4.78, 5) is 7.25. The highest BCUT2D eigenvalue weighted by Crippen LogP contribution is 2.29. The zero-order valence-corrected chi connectivity index (χ0v) is 23.5. The Morgan fingerprint density at radius 2 is 1.37 bits per heavy atom. The second kappa shape index (κ2) is 14.0. The average Bonchev–Trinajstić information content (AvgIpc) is 3.23. The van der Waals surface area contributed by atoms with Crippen LogP contribution < -0.4 is 9.47 Å². The lowest BCUT2D eigenvalue weighted by Crippen LogP contribution is -2.24. The summed E-state index contributed by atoms with van der Waals surface area (Å²) in [7, 11) is 0. The standard InChI is InChI=1S/C32H38ClN3O2/c1-4-7-19-36-30(31(33)34-32(36)27-15-9-8-10-16-27)24-35(22-25-13-11-17-28(20-25)37-5-2)23-26-14-12-18-29(21-26)38-6-3/h8-18,20-21H,4-7,19,22-24H2,1-3H3. The van der Waals surface area contributed by atoms with Crippen molar-refractivity contribution in [3.05, 3.63) is 101 Å². The van der Waals surface area contributed by atoms with Crippen LogP contribution in [0, 0.1) is 0 Å². The lowest BCUT2D eigenvalue weighted by atomic mass is 10.1. The van der Waals surface area contributed by atoms with E-state index in [1.165, 1.54) is 11.1 Å². The van der Waals surface area contributed by atoms with Crippen LogP contribution in [-0.2, 0) is 26.2 Å². The number of halogens is 1. The molecule has 0 atom stereocenters. The molecule has 0 bridgehead atoms. The van der Waals surface area contributed by atoms with E-state index in [1.54, 1.807) is 0 Å². The Labute approximate surface area is 232 Å². The highest BCUT2D eigenvalue weighted by molar-refractivity contribution is 6.30. The Kier molecular flexibility index (Phi) is 10.2. The topological polar surface area (TPSA) is 39.5 Å². The molecule has 0 unspecified atom stereocenters. The summed E-state index contributed by atoms with van der Waals surface area (Å²) in [5.74, 6) is 2.71. The first-order valence-electron chi connectivity index (χ1n) is 13.6. The van der Waals surface area contributed by atoms with Crippen molar-refractivity contribution in [2.24, 2.45) is 0 Å². The number of nitrogens with zero attached hydrogens (tertiary/aromatic N) is 3. The van der Waals surface area contributed by atoms with Crippen molar-refractivity contribution in [1.29, 1.82) is 0 Å². The molecule has 0 spiro atoms. The van der Waals surface area contributed by atoms with E-state index in [4.69, 9.17) is 26.1 Å². The maximum absolute atomic E-state index is 6.86. The van der Waals surface area contributed by atoms with Crippen LogP contribution in [0.3, 0.4) is 0 Å². The fraction of sp³-hybridized carbons (Fsp3) is 0.344.